The number of benzene rings is 3. The molecule has 0 aliphatic heterocycles. The number of halogens is 1. The monoisotopic (exact) mass is 365 g/mol. The Bertz CT molecular complexity index is 886. The molecule has 1 fully saturated rings. The van der Waals surface area contributed by atoms with Crippen LogP contribution in [-0.2, 0) is 13.2 Å². The van der Waals surface area contributed by atoms with Gasteiger partial charge in [-0.25, -0.2) is 0 Å². The lowest BCUT2D eigenvalue weighted by atomic mass is 10.0. The van der Waals surface area contributed by atoms with Crippen LogP contribution in [0.2, 0.25) is 5.02 Å². The molecule has 4 rings (SSSR count). The van der Waals surface area contributed by atoms with Crippen molar-refractivity contribution in [3.63, 3.8) is 0 Å². The topological polar surface area (TPSA) is 21.3 Å². The number of fused-ring (bicyclic) bond motifs is 1. The molecule has 1 N–H and O–H groups in total. The standard InChI is InChI=1S/C23H24ClNO/c24-22-12-6-2-8-18(22)16-26-23-14-13-17-7-1-5-11-20(17)21(23)15-25-19-9-3-4-10-19/h1-2,5-8,11-14,19,25H,3-4,9-10,15-16H2. The summed E-state index contributed by atoms with van der Waals surface area (Å²) in [6.45, 7) is 1.32. The number of rotatable bonds is 6. The lowest BCUT2D eigenvalue weighted by Crippen LogP contribution is -2.25. The van der Waals surface area contributed by atoms with E-state index in [9.17, 15) is 0 Å². The molecule has 0 saturated heterocycles. The molecular formula is C23H24ClNO. The predicted octanol–water partition coefficient (Wildman–Crippen LogP) is 6.10. The lowest BCUT2D eigenvalue weighted by Gasteiger charge is -2.18. The molecule has 0 bridgehead atoms. The van der Waals surface area contributed by atoms with Gasteiger partial charge in [-0.1, -0.05) is 73.0 Å². The van der Waals surface area contributed by atoms with E-state index in [1.807, 2.05) is 24.3 Å². The maximum absolute atomic E-state index is 6.28. The number of hydrogen-bond donors (Lipinski definition) is 1. The van der Waals surface area contributed by atoms with E-state index in [2.05, 4.69) is 41.7 Å². The van der Waals surface area contributed by atoms with Crippen LogP contribution in [0.1, 0.15) is 36.8 Å². The number of ether oxygens (including phenoxy) is 1. The quantitative estimate of drug-likeness (QED) is 0.569. The van der Waals surface area contributed by atoms with E-state index in [0.717, 1.165) is 22.9 Å². The van der Waals surface area contributed by atoms with Crippen LogP contribution in [0.5, 0.6) is 5.75 Å². The molecule has 0 aromatic heterocycles. The van der Waals surface area contributed by atoms with Gasteiger partial charge in [0.15, 0.2) is 0 Å². The summed E-state index contributed by atoms with van der Waals surface area (Å²) in [6, 6.07) is 21.2. The van der Waals surface area contributed by atoms with Gasteiger partial charge >= 0.3 is 0 Å². The average Bonchev–Trinajstić information content (AvgIpc) is 3.19. The molecular weight excluding hydrogens is 342 g/mol. The van der Waals surface area contributed by atoms with E-state index >= 15 is 0 Å². The summed E-state index contributed by atoms with van der Waals surface area (Å²) in [6.07, 6.45) is 5.23. The van der Waals surface area contributed by atoms with Crippen molar-refractivity contribution in [2.45, 2.75) is 44.9 Å². The highest BCUT2D eigenvalue weighted by atomic mass is 35.5. The van der Waals surface area contributed by atoms with E-state index in [4.69, 9.17) is 16.3 Å². The third kappa shape index (κ3) is 3.87. The van der Waals surface area contributed by atoms with Crippen molar-refractivity contribution in [1.29, 1.82) is 0 Å². The molecule has 134 valence electrons. The second-order valence-corrected chi connectivity index (χ2v) is 7.41. The van der Waals surface area contributed by atoms with E-state index in [0.29, 0.717) is 12.6 Å². The Hall–Kier alpha value is -2.03. The molecule has 0 heterocycles. The first kappa shape index (κ1) is 17.4. The molecule has 0 atom stereocenters. The number of hydrogen-bond acceptors (Lipinski definition) is 2. The maximum Gasteiger partial charge on any atom is 0.124 e. The molecule has 1 saturated carbocycles. The zero-order valence-electron chi connectivity index (χ0n) is 14.9. The Morgan fingerprint density at radius 1 is 0.923 bits per heavy atom. The van der Waals surface area contributed by atoms with Gasteiger partial charge in [-0.3, -0.25) is 0 Å². The SMILES string of the molecule is Clc1ccccc1COc1ccc2ccccc2c1CNC1CCCC1. The van der Waals surface area contributed by atoms with Crippen molar-refractivity contribution in [2.24, 2.45) is 0 Å². The van der Waals surface area contributed by atoms with Crippen molar-refractivity contribution in [2.75, 3.05) is 0 Å². The van der Waals surface area contributed by atoms with Crippen LogP contribution in [0.15, 0.2) is 60.7 Å². The second kappa shape index (κ2) is 8.11. The summed E-state index contributed by atoms with van der Waals surface area (Å²) in [7, 11) is 0. The van der Waals surface area contributed by atoms with Crippen LogP contribution < -0.4 is 10.1 Å². The molecule has 0 radical (unpaired) electrons. The van der Waals surface area contributed by atoms with Crippen molar-refractivity contribution in [1.82, 2.24) is 5.32 Å². The molecule has 0 amide bonds. The van der Waals surface area contributed by atoms with Crippen molar-refractivity contribution in [3.05, 3.63) is 76.8 Å². The molecule has 1 aliphatic carbocycles. The molecule has 2 nitrogen and oxygen atoms in total. The first-order valence-electron chi connectivity index (χ1n) is 9.41. The minimum Gasteiger partial charge on any atom is -0.488 e. The molecule has 26 heavy (non-hydrogen) atoms. The molecule has 3 aromatic carbocycles. The highest BCUT2D eigenvalue weighted by molar-refractivity contribution is 6.31. The largest absolute Gasteiger partial charge is 0.488 e. The van der Waals surface area contributed by atoms with Gasteiger partial charge in [0.2, 0.25) is 0 Å². The summed E-state index contributed by atoms with van der Waals surface area (Å²) in [5.41, 5.74) is 2.25. The van der Waals surface area contributed by atoms with Gasteiger partial charge in [0.05, 0.1) is 0 Å². The minimum absolute atomic E-state index is 0.481. The summed E-state index contributed by atoms with van der Waals surface area (Å²) in [5.74, 6) is 0.939. The van der Waals surface area contributed by atoms with Crippen molar-refractivity contribution >= 4 is 22.4 Å². The highest BCUT2D eigenvalue weighted by Crippen LogP contribution is 2.30. The van der Waals surface area contributed by atoms with Crippen LogP contribution in [0.25, 0.3) is 10.8 Å². The second-order valence-electron chi connectivity index (χ2n) is 7.01. The van der Waals surface area contributed by atoms with Gasteiger partial charge < -0.3 is 10.1 Å². The Balaban J connectivity index is 1.59. The Labute approximate surface area is 160 Å². The van der Waals surface area contributed by atoms with Crippen LogP contribution in [0.3, 0.4) is 0 Å². The van der Waals surface area contributed by atoms with Gasteiger partial charge in [0.25, 0.3) is 0 Å². The smallest absolute Gasteiger partial charge is 0.124 e. The summed E-state index contributed by atoms with van der Waals surface area (Å²) in [4.78, 5) is 0. The fourth-order valence-corrected chi connectivity index (χ4v) is 3.97. The van der Waals surface area contributed by atoms with Crippen LogP contribution >= 0.6 is 11.6 Å². The van der Waals surface area contributed by atoms with Gasteiger partial charge in [0, 0.05) is 28.7 Å². The molecule has 0 spiro atoms. The molecule has 3 heteroatoms. The first-order valence-corrected chi connectivity index (χ1v) is 9.79. The van der Waals surface area contributed by atoms with Crippen molar-refractivity contribution in [3.8, 4) is 5.75 Å². The van der Waals surface area contributed by atoms with Gasteiger partial charge in [-0.2, -0.15) is 0 Å². The summed E-state index contributed by atoms with van der Waals surface area (Å²) in [5, 5.41) is 6.99. The number of nitrogens with one attached hydrogen (secondary N) is 1. The van der Waals surface area contributed by atoms with Crippen LogP contribution in [0, 0.1) is 0 Å². The predicted molar refractivity (Wildman–Crippen MR) is 109 cm³/mol. The zero-order chi connectivity index (χ0) is 17.8. The first-order chi connectivity index (χ1) is 12.8. The Morgan fingerprint density at radius 2 is 1.69 bits per heavy atom. The van der Waals surface area contributed by atoms with E-state index in [1.54, 1.807) is 0 Å². The van der Waals surface area contributed by atoms with E-state index < -0.39 is 0 Å². The Morgan fingerprint density at radius 3 is 2.54 bits per heavy atom. The zero-order valence-corrected chi connectivity index (χ0v) is 15.6. The van der Waals surface area contributed by atoms with E-state index in [-0.39, 0.29) is 0 Å². The fraction of sp³-hybridized carbons (Fsp3) is 0.304. The van der Waals surface area contributed by atoms with E-state index in [1.165, 1.54) is 42.0 Å². The molecule has 1 aliphatic rings. The summed E-state index contributed by atoms with van der Waals surface area (Å²) >= 11 is 6.28. The molecule has 3 aromatic rings. The normalized spacial score (nSPS) is 14.8. The molecule has 0 unspecified atom stereocenters. The van der Waals surface area contributed by atoms with Crippen LogP contribution in [0.4, 0.5) is 0 Å². The highest BCUT2D eigenvalue weighted by Gasteiger charge is 2.16. The lowest BCUT2D eigenvalue weighted by molar-refractivity contribution is 0.302. The maximum atomic E-state index is 6.28. The average molecular weight is 366 g/mol. The van der Waals surface area contributed by atoms with Crippen LogP contribution in [-0.4, -0.2) is 6.04 Å². The van der Waals surface area contributed by atoms with Gasteiger partial charge in [-0.05, 0) is 35.7 Å². The van der Waals surface area contributed by atoms with Gasteiger partial charge in [-0.15, -0.1) is 0 Å². The third-order valence-electron chi connectivity index (χ3n) is 5.26. The Kier molecular flexibility index (Phi) is 5.42. The summed E-state index contributed by atoms with van der Waals surface area (Å²) < 4.78 is 6.20. The van der Waals surface area contributed by atoms with Gasteiger partial charge in [0.1, 0.15) is 12.4 Å². The third-order valence-corrected chi connectivity index (χ3v) is 5.63. The van der Waals surface area contributed by atoms with Crippen molar-refractivity contribution < 1.29 is 4.74 Å². The minimum atomic E-state index is 0.481. The fourth-order valence-electron chi connectivity index (χ4n) is 3.78.